The Hall–Kier alpha value is -1.92. The molecule has 1 fully saturated rings. The molecule has 2 atom stereocenters. The van der Waals surface area contributed by atoms with E-state index in [1.165, 1.54) is 4.90 Å². The Morgan fingerprint density at radius 3 is 2.71 bits per heavy atom. The average molecular weight is 290 g/mol. The van der Waals surface area contributed by atoms with Crippen molar-refractivity contribution in [2.45, 2.75) is 25.1 Å². The fourth-order valence-electron chi connectivity index (χ4n) is 2.88. The molecule has 6 nitrogen and oxygen atoms in total. The summed E-state index contributed by atoms with van der Waals surface area (Å²) < 4.78 is 5.46. The molecular weight excluding hydrogens is 272 g/mol. The van der Waals surface area contributed by atoms with Gasteiger partial charge in [-0.05, 0) is 11.1 Å². The summed E-state index contributed by atoms with van der Waals surface area (Å²) in [7, 11) is 0. The molecule has 0 bridgehead atoms. The second-order valence-corrected chi connectivity index (χ2v) is 5.36. The van der Waals surface area contributed by atoms with Crippen LogP contribution in [0.15, 0.2) is 24.3 Å². The van der Waals surface area contributed by atoms with Gasteiger partial charge in [0.05, 0.1) is 6.61 Å². The first-order valence-electron chi connectivity index (χ1n) is 7.09. The van der Waals surface area contributed by atoms with Crippen molar-refractivity contribution in [3.05, 3.63) is 35.4 Å². The van der Waals surface area contributed by atoms with Crippen molar-refractivity contribution in [1.29, 1.82) is 0 Å². The second kappa shape index (κ2) is 5.83. The Morgan fingerprint density at radius 1 is 1.29 bits per heavy atom. The standard InChI is InChI=1S/C15H18N2O4/c18-14(13-8-16-5-6-21-13)17-9-11-4-2-1-3-10(11)7-12(17)15(19)20/h1-4,12-13,16H,5-9H2,(H,19,20)/t12-,13?/m1/s1. The first-order valence-corrected chi connectivity index (χ1v) is 7.09. The summed E-state index contributed by atoms with van der Waals surface area (Å²) in [4.78, 5) is 25.5. The number of rotatable bonds is 2. The lowest BCUT2D eigenvalue weighted by atomic mass is 9.93. The van der Waals surface area contributed by atoms with Crippen LogP contribution in [-0.4, -0.2) is 53.7 Å². The van der Waals surface area contributed by atoms with Crippen molar-refractivity contribution < 1.29 is 19.4 Å². The molecule has 1 amide bonds. The highest BCUT2D eigenvalue weighted by Gasteiger charge is 2.38. The smallest absolute Gasteiger partial charge is 0.326 e. The minimum absolute atomic E-state index is 0.246. The zero-order valence-electron chi connectivity index (χ0n) is 11.6. The van der Waals surface area contributed by atoms with E-state index in [9.17, 15) is 14.7 Å². The van der Waals surface area contributed by atoms with Gasteiger partial charge in [0.15, 0.2) is 0 Å². The number of carbonyl (C=O) groups is 2. The molecule has 112 valence electrons. The molecule has 0 saturated carbocycles. The van der Waals surface area contributed by atoms with Gasteiger partial charge in [0.2, 0.25) is 0 Å². The fraction of sp³-hybridized carbons (Fsp3) is 0.467. The Morgan fingerprint density at radius 2 is 2.05 bits per heavy atom. The van der Waals surface area contributed by atoms with Gasteiger partial charge in [-0.1, -0.05) is 24.3 Å². The van der Waals surface area contributed by atoms with Gasteiger partial charge >= 0.3 is 5.97 Å². The van der Waals surface area contributed by atoms with E-state index in [1.54, 1.807) is 0 Å². The molecule has 0 aromatic heterocycles. The van der Waals surface area contributed by atoms with Crippen molar-refractivity contribution in [2.24, 2.45) is 0 Å². The van der Waals surface area contributed by atoms with Gasteiger partial charge in [-0.3, -0.25) is 4.79 Å². The molecular formula is C15H18N2O4. The molecule has 2 aliphatic heterocycles. The van der Waals surface area contributed by atoms with Crippen LogP contribution in [0.2, 0.25) is 0 Å². The number of morpholine rings is 1. The summed E-state index contributed by atoms with van der Waals surface area (Å²) in [6, 6.07) is 6.84. The van der Waals surface area contributed by atoms with Crippen LogP contribution >= 0.6 is 0 Å². The van der Waals surface area contributed by atoms with Crippen LogP contribution in [0.3, 0.4) is 0 Å². The van der Waals surface area contributed by atoms with E-state index in [0.29, 0.717) is 26.1 Å². The van der Waals surface area contributed by atoms with Gasteiger partial charge in [-0.2, -0.15) is 0 Å². The zero-order valence-corrected chi connectivity index (χ0v) is 11.6. The van der Waals surface area contributed by atoms with Crippen LogP contribution in [0.5, 0.6) is 0 Å². The summed E-state index contributed by atoms with van der Waals surface area (Å²) in [5.41, 5.74) is 2.00. The molecule has 1 unspecified atom stereocenters. The van der Waals surface area contributed by atoms with E-state index in [0.717, 1.165) is 17.7 Å². The topological polar surface area (TPSA) is 78.9 Å². The number of amides is 1. The van der Waals surface area contributed by atoms with Gasteiger partial charge in [0, 0.05) is 26.1 Å². The van der Waals surface area contributed by atoms with Crippen LogP contribution < -0.4 is 5.32 Å². The van der Waals surface area contributed by atoms with Crippen molar-refractivity contribution in [1.82, 2.24) is 10.2 Å². The first kappa shape index (κ1) is 14.0. The molecule has 21 heavy (non-hydrogen) atoms. The number of hydrogen-bond donors (Lipinski definition) is 2. The number of ether oxygens (including phenoxy) is 1. The van der Waals surface area contributed by atoms with Gasteiger partial charge in [-0.25, -0.2) is 4.79 Å². The predicted octanol–water partition coefficient (Wildman–Crippen LogP) is 0.0129. The molecule has 2 aliphatic rings. The molecule has 1 saturated heterocycles. The minimum Gasteiger partial charge on any atom is -0.480 e. The Kier molecular flexibility index (Phi) is 3.90. The van der Waals surface area contributed by atoms with Gasteiger partial charge in [-0.15, -0.1) is 0 Å². The highest BCUT2D eigenvalue weighted by Crippen LogP contribution is 2.24. The maximum absolute atomic E-state index is 12.6. The van der Waals surface area contributed by atoms with Crippen molar-refractivity contribution in [3.63, 3.8) is 0 Å². The van der Waals surface area contributed by atoms with Crippen LogP contribution in [-0.2, 0) is 27.3 Å². The molecule has 1 aromatic carbocycles. The molecule has 2 N–H and O–H groups in total. The summed E-state index contributed by atoms with van der Waals surface area (Å²) in [6.07, 6.45) is -0.247. The van der Waals surface area contributed by atoms with Gasteiger partial charge < -0.3 is 20.1 Å². The largest absolute Gasteiger partial charge is 0.480 e. The van der Waals surface area contributed by atoms with Crippen LogP contribution in [0.1, 0.15) is 11.1 Å². The Bertz CT molecular complexity index is 554. The van der Waals surface area contributed by atoms with E-state index in [2.05, 4.69) is 5.32 Å². The molecule has 3 rings (SSSR count). The third kappa shape index (κ3) is 2.77. The third-order valence-electron chi connectivity index (χ3n) is 4.02. The predicted molar refractivity (Wildman–Crippen MR) is 74.7 cm³/mol. The van der Waals surface area contributed by atoms with E-state index < -0.39 is 18.1 Å². The van der Waals surface area contributed by atoms with Crippen LogP contribution in [0, 0.1) is 0 Å². The molecule has 0 radical (unpaired) electrons. The number of carboxylic acid groups (broad SMARTS) is 1. The van der Waals surface area contributed by atoms with E-state index >= 15 is 0 Å². The summed E-state index contributed by atoms with van der Waals surface area (Å²) in [5, 5.41) is 12.5. The number of fused-ring (bicyclic) bond motifs is 1. The van der Waals surface area contributed by atoms with Gasteiger partial charge in [0.25, 0.3) is 5.91 Å². The van der Waals surface area contributed by atoms with E-state index in [-0.39, 0.29) is 5.91 Å². The van der Waals surface area contributed by atoms with Crippen molar-refractivity contribution in [3.8, 4) is 0 Å². The fourth-order valence-corrected chi connectivity index (χ4v) is 2.88. The van der Waals surface area contributed by atoms with Crippen LogP contribution in [0.25, 0.3) is 0 Å². The number of nitrogens with zero attached hydrogens (tertiary/aromatic N) is 1. The molecule has 0 aliphatic carbocycles. The number of carboxylic acids is 1. The summed E-state index contributed by atoms with van der Waals surface area (Å²) >= 11 is 0. The number of hydrogen-bond acceptors (Lipinski definition) is 4. The second-order valence-electron chi connectivity index (χ2n) is 5.36. The summed E-state index contributed by atoms with van der Waals surface area (Å²) in [5.74, 6) is -1.22. The lowest BCUT2D eigenvalue weighted by molar-refractivity contribution is -0.158. The number of carbonyl (C=O) groups excluding carboxylic acids is 1. The lowest BCUT2D eigenvalue weighted by Gasteiger charge is -2.37. The summed E-state index contributed by atoms with van der Waals surface area (Å²) in [6.45, 7) is 1.95. The quantitative estimate of drug-likeness (QED) is 0.802. The molecule has 2 heterocycles. The van der Waals surface area contributed by atoms with Gasteiger partial charge in [0.1, 0.15) is 12.1 Å². The zero-order chi connectivity index (χ0) is 14.8. The molecule has 1 aromatic rings. The molecule has 6 heteroatoms. The minimum atomic E-state index is -0.971. The maximum atomic E-state index is 12.6. The van der Waals surface area contributed by atoms with Crippen molar-refractivity contribution >= 4 is 11.9 Å². The number of nitrogens with one attached hydrogen (secondary N) is 1. The lowest BCUT2D eigenvalue weighted by Crippen LogP contribution is -2.55. The van der Waals surface area contributed by atoms with E-state index in [1.807, 2.05) is 24.3 Å². The average Bonchev–Trinajstić information content (AvgIpc) is 2.53. The van der Waals surface area contributed by atoms with E-state index in [4.69, 9.17) is 4.74 Å². The highest BCUT2D eigenvalue weighted by molar-refractivity contribution is 5.87. The SMILES string of the molecule is O=C(O)[C@H]1Cc2ccccc2CN1C(=O)C1CNCCO1. The Labute approximate surface area is 122 Å². The normalized spacial score (nSPS) is 25.2. The van der Waals surface area contributed by atoms with Crippen molar-refractivity contribution in [2.75, 3.05) is 19.7 Å². The highest BCUT2D eigenvalue weighted by atomic mass is 16.5. The third-order valence-corrected chi connectivity index (χ3v) is 4.02. The first-order chi connectivity index (χ1) is 10.2. The van der Waals surface area contributed by atoms with Crippen LogP contribution in [0.4, 0.5) is 0 Å². The molecule has 0 spiro atoms. The monoisotopic (exact) mass is 290 g/mol. The Balaban J connectivity index is 1.85. The maximum Gasteiger partial charge on any atom is 0.326 e. The number of aliphatic carboxylic acids is 1. The number of benzene rings is 1.